The summed E-state index contributed by atoms with van der Waals surface area (Å²) in [5, 5.41) is 11.3. The number of carbonyl (C=O) groups excluding carboxylic acids is 3. The highest BCUT2D eigenvalue weighted by Crippen LogP contribution is 2.36. The molecule has 34 heavy (non-hydrogen) atoms. The van der Waals surface area contributed by atoms with Gasteiger partial charge in [-0.1, -0.05) is 0 Å². The van der Waals surface area contributed by atoms with E-state index in [0.717, 1.165) is 22.0 Å². The second-order valence-electron chi connectivity index (χ2n) is 7.82. The van der Waals surface area contributed by atoms with E-state index in [-0.39, 0.29) is 18.1 Å². The molecule has 1 N–H and O–H groups in total. The predicted molar refractivity (Wildman–Crippen MR) is 122 cm³/mol. The molecule has 5 rings (SSSR count). The van der Waals surface area contributed by atoms with E-state index >= 15 is 0 Å². The first-order valence-electron chi connectivity index (χ1n) is 10.4. The van der Waals surface area contributed by atoms with Gasteiger partial charge in [-0.05, 0) is 68.0 Å². The summed E-state index contributed by atoms with van der Waals surface area (Å²) < 4.78 is 12.6. The third kappa shape index (κ3) is 3.38. The Balaban J connectivity index is 1.53. The van der Waals surface area contributed by atoms with Crippen LogP contribution in [0.1, 0.15) is 22.5 Å². The quantitative estimate of drug-likeness (QED) is 0.480. The Kier molecular flexibility index (Phi) is 4.91. The van der Waals surface area contributed by atoms with Gasteiger partial charge in [0.2, 0.25) is 6.79 Å². The fourth-order valence-corrected chi connectivity index (χ4v) is 4.09. The first kappa shape index (κ1) is 21.0. The molecule has 2 aliphatic rings. The zero-order valence-corrected chi connectivity index (χ0v) is 18.3. The maximum Gasteiger partial charge on any atom is 0.335 e. The molecule has 0 atom stereocenters. The van der Waals surface area contributed by atoms with Gasteiger partial charge in [0.05, 0.1) is 17.3 Å². The summed E-state index contributed by atoms with van der Waals surface area (Å²) >= 11 is 0. The zero-order valence-electron chi connectivity index (χ0n) is 18.3. The van der Waals surface area contributed by atoms with E-state index in [0.29, 0.717) is 22.6 Å². The Morgan fingerprint density at radius 2 is 1.68 bits per heavy atom. The van der Waals surface area contributed by atoms with Crippen molar-refractivity contribution < 1.29 is 23.9 Å². The van der Waals surface area contributed by atoms with Crippen LogP contribution in [0, 0.1) is 25.2 Å². The van der Waals surface area contributed by atoms with Gasteiger partial charge in [0.25, 0.3) is 11.8 Å². The molecule has 9 heteroatoms. The monoisotopic (exact) mass is 454 g/mol. The summed E-state index contributed by atoms with van der Waals surface area (Å²) in [6.07, 6.45) is 1.48. The highest BCUT2D eigenvalue weighted by atomic mass is 16.7. The zero-order chi connectivity index (χ0) is 24.0. The van der Waals surface area contributed by atoms with Crippen LogP contribution < -0.4 is 19.7 Å². The molecule has 2 aromatic carbocycles. The van der Waals surface area contributed by atoms with Crippen molar-refractivity contribution in [3.8, 4) is 23.3 Å². The van der Waals surface area contributed by atoms with Crippen LogP contribution in [-0.2, 0) is 9.59 Å². The highest BCUT2D eigenvalue weighted by molar-refractivity contribution is 6.39. The first-order valence-corrected chi connectivity index (χ1v) is 10.4. The van der Waals surface area contributed by atoms with Crippen molar-refractivity contribution in [1.82, 2.24) is 9.88 Å². The number of ether oxygens (including phenoxy) is 2. The average molecular weight is 454 g/mol. The maximum atomic E-state index is 13.3. The number of benzene rings is 2. The van der Waals surface area contributed by atoms with Gasteiger partial charge in [0.1, 0.15) is 5.57 Å². The highest BCUT2D eigenvalue weighted by Gasteiger charge is 2.37. The summed E-state index contributed by atoms with van der Waals surface area (Å²) in [5.74, 6) is -0.590. The number of barbiturate groups is 1. The second-order valence-corrected chi connectivity index (χ2v) is 7.82. The summed E-state index contributed by atoms with van der Waals surface area (Å²) in [7, 11) is 0. The fraction of sp³-hybridized carbons (Fsp3) is 0.120. The fourth-order valence-electron chi connectivity index (χ4n) is 4.09. The van der Waals surface area contributed by atoms with E-state index in [4.69, 9.17) is 14.7 Å². The number of anilines is 1. The minimum absolute atomic E-state index is 0.0530. The lowest BCUT2D eigenvalue weighted by molar-refractivity contribution is -0.122. The van der Waals surface area contributed by atoms with Crippen molar-refractivity contribution >= 4 is 29.6 Å². The Morgan fingerprint density at radius 3 is 2.41 bits per heavy atom. The lowest BCUT2D eigenvalue weighted by Crippen LogP contribution is -2.54. The summed E-state index contributed by atoms with van der Waals surface area (Å²) in [6, 6.07) is 14.9. The van der Waals surface area contributed by atoms with Crippen molar-refractivity contribution in [1.29, 1.82) is 5.26 Å². The van der Waals surface area contributed by atoms with Gasteiger partial charge in [0, 0.05) is 23.1 Å². The average Bonchev–Trinajstić information content (AvgIpc) is 3.40. The van der Waals surface area contributed by atoms with Gasteiger partial charge in [-0.25, -0.2) is 9.69 Å². The van der Waals surface area contributed by atoms with Crippen LogP contribution in [0.3, 0.4) is 0 Å². The van der Waals surface area contributed by atoms with E-state index in [1.165, 1.54) is 12.1 Å². The third-order valence-corrected chi connectivity index (χ3v) is 5.74. The molecular weight excluding hydrogens is 436 g/mol. The van der Waals surface area contributed by atoms with Crippen molar-refractivity contribution in [2.24, 2.45) is 0 Å². The number of amides is 4. The Labute approximate surface area is 194 Å². The summed E-state index contributed by atoms with van der Waals surface area (Å²) in [6.45, 7) is 3.82. The molecule has 0 unspecified atom stereocenters. The maximum absolute atomic E-state index is 13.3. The molecule has 1 fully saturated rings. The molecule has 1 aromatic heterocycles. The first-order chi connectivity index (χ1) is 16.4. The molecule has 3 aromatic rings. The normalized spacial score (nSPS) is 16.1. The molecule has 9 nitrogen and oxygen atoms in total. The number of urea groups is 1. The Hall–Kier alpha value is -4.84. The summed E-state index contributed by atoms with van der Waals surface area (Å²) in [4.78, 5) is 39.3. The molecule has 0 radical (unpaired) electrons. The topological polar surface area (TPSA) is 114 Å². The van der Waals surface area contributed by atoms with Gasteiger partial charge in [-0.3, -0.25) is 14.9 Å². The van der Waals surface area contributed by atoms with E-state index < -0.39 is 17.8 Å². The SMILES string of the molecule is Cc1cc(/C=C2\C(=O)NC(=O)N(c3ccc4c(c3)OCO4)C2=O)c(C)n1-c1ccc(C#N)cc1. The number of fused-ring (bicyclic) bond motifs is 1. The summed E-state index contributed by atoms with van der Waals surface area (Å²) in [5.41, 5.74) is 3.80. The number of imide groups is 2. The largest absolute Gasteiger partial charge is 0.454 e. The van der Waals surface area contributed by atoms with Crippen molar-refractivity contribution in [2.45, 2.75) is 13.8 Å². The van der Waals surface area contributed by atoms with Gasteiger partial charge < -0.3 is 14.0 Å². The smallest absolute Gasteiger partial charge is 0.335 e. The van der Waals surface area contributed by atoms with E-state index in [1.54, 1.807) is 24.3 Å². The molecule has 0 spiro atoms. The molecule has 3 heterocycles. The van der Waals surface area contributed by atoms with Crippen molar-refractivity contribution in [2.75, 3.05) is 11.7 Å². The third-order valence-electron chi connectivity index (χ3n) is 5.74. The standard InChI is InChI=1S/C25H18N4O5/c1-14-9-17(15(2)28(14)18-5-3-16(12-26)4-6-18)10-20-23(30)27-25(32)29(24(20)31)19-7-8-21-22(11-19)34-13-33-21/h3-11H,13H2,1-2H3,(H,27,30,32)/b20-10+. The number of nitrogens with zero attached hydrogens (tertiary/aromatic N) is 3. The van der Waals surface area contributed by atoms with Crippen LogP contribution in [-0.4, -0.2) is 29.2 Å². The van der Waals surface area contributed by atoms with E-state index in [2.05, 4.69) is 11.4 Å². The Morgan fingerprint density at radius 1 is 0.971 bits per heavy atom. The number of aromatic nitrogens is 1. The number of hydrogen-bond donors (Lipinski definition) is 1. The second kappa shape index (κ2) is 7.94. The van der Waals surface area contributed by atoms with Crippen LogP contribution in [0.2, 0.25) is 0 Å². The Bertz CT molecular complexity index is 1440. The molecular formula is C25H18N4O5. The number of carbonyl (C=O) groups is 3. The lowest BCUT2D eigenvalue weighted by atomic mass is 10.1. The van der Waals surface area contributed by atoms with Gasteiger partial charge >= 0.3 is 6.03 Å². The van der Waals surface area contributed by atoms with Crippen LogP contribution >= 0.6 is 0 Å². The van der Waals surface area contributed by atoms with Crippen LogP contribution in [0.25, 0.3) is 11.8 Å². The van der Waals surface area contributed by atoms with Crippen molar-refractivity contribution in [3.05, 3.63) is 76.6 Å². The molecule has 1 saturated heterocycles. The molecule has 0 saturated carbocycles. The number of nitrogens with one attached hydrogen (secondary N) is 1. The minimum atomic E-state index is -0.839. The van der Waals surface area contributed by atoms with E-state index in [1.807, 2.05) is 36.6 Å². The minimum Gasteiger partial charge on any atom is -0.454 e. The van der Waals surface area contributed by atoms with Crippen LogP contribution in [0.5, 0.6) is 11.5 Å². The number of rotatable bonds is 3. The van der Waals surface area contributed by atoms with Gasteiger partial charge in [0.15, 0.2) is 11.5 Å². The molecule has 0 aliphatic carbocycles. The molecule has 2 aliphatic heterocycles. The number of hydrogen-bond acceptors (Lipinski definition) is 6. The van der Waals surface area contributed by atoms with Gasteiger partial charge in [-0.15, -0.1) is 0 Å². The molecule has 0 bridgehead atoms. The van der Waals surface area contributed by atoms with E-state index in [9.17, 15) is 14.4 Å². The van der Waals surface area contributed by atoms with Crippen LogP contribution in [0.15, 0.2) is 54.1 Å². The predicted octanol–water partition coefficient (Wildman–Crippen LogP) is 3.36. The molecule has 168 valence electrons. The lowest BCUT2D eigenvalue weighted by Gasteiger charge is -2.26. The number of nitriles is 1. The van der Waals surface area contributed by atoms with Crippen molar-refractivity contribution in [3.63, 3.8) is 0 Å². The van der Waals surface area contributed by atoms with Gasteiger partial charge in [-0.2, -0.15) is 5.26 Å². The number of aryl methyl sites for hydroxylation is 1. The molecule has 4 amide bonds. The van der Waals surface area contributed by atoms with Crippen LogP contribution in [0.4, 0.5) is 10.5 Å².